The molecule has 26 heavy (non-hydrogen) atoms. The molecule has 1 aliphatic rings. The number of hydrogen-bond donors (Lipinski definition) is 1. The van der Waals surface area contributed by atoms with Crippen LogP contribution in [0.4, 0.5) is 4.79 Å². The third-order valence-electron chi connectivity index (χ3n) is 4.41. The van der Waals surface area contributed by atoms with Gasteiger partial charge in [-0.2, -0.15) is 5.26 Å². The first kappa shape index (κ1) is 17.6. The summed E-state index contributed by atoms with van der Waals surface area (Å²) in [5.41, 5.74) is 0.525. The van der Waals surface area contributed by atoms with Crippen molar-refractivity contribution in [1.82, 2.24) is 19.7 Å². The van der Waals surface area contributed by atoms with Gasteiger partial charge in [0.15, 0.2) is 0 Å². The Morgan fingerprint density at radius 1 is 1.19 bits per heavy atom. The first-order valence-electron chi connectivity index (χ1n) is 8.55. The lowest BCUT2D eigenvalue weighted by molar-refractivity contribution is 0.0663. The van der Waals surface area contributed by atoms with E-state index in [1.54, 1.807) is 33.7 Å². The lowest BCUT2D eigenvalue weighted by Gasteiger charge is -2.34. The maximum Gasteiger partial charge on any atom is 0.317 e. The van der Waals surface area contributed by atoms with Crippen LogP contribution in [0.25, 0.3) is 5.88 Å². The molecule has 1 fully saturated rings. The summed E-state index contributed by atoms with van der Waals surface area (Å²) in [6.45, 7) is 5.88. The molecule has 0 atom stereocenters. The van der Waals surface area contributed by atoms with Gasteiger partial charge in [0.05, 0.1) is 0 Å². The molecule has 0 spiro atoms. The van der Waals surface area contributed by atoms with E-state index in [2.05, 4.69) is 11.4 Å². The molecule has 1 N–H and O–H groups in total. The minimum atomic E-state index is -0.239. The molecule has 3 heterocycles. The van der Waals surface area contributed by atoms with Gasteiger partial charge in [-0.1, -0.05) is 0 Å². The molecular weight excluding hydrogens is 334 g/mol. The molecule has 2 aromatic heterocycles. The van der Waals surface area contributed by atoms with Crippen LogP contribution in [-0.4, -0.2) is 59.0 Å². The molecule has 0 radical (unpaired) electrons. The van der Waals surface area contributed by atoms with Gasteiger partial charge in [-0.15, -0.1) is 0 Å². The maximum absolute atomic E-state index is 13.0. The zero-order valence-corrected chi connectivity index (χ0v) is 14.9. The molecule has 8 nitrogen and oxygen atoms in total. The van der Waals surface area contributed by atoms with Gasteiger partial charge in [0, 0.05) is 45.1 Å². The van der Waals surface area contributed by atoms with Crippen LogP contribution in [0.3, 0.4) is 0 Å². The third kappa shape index (κ3) is 3.16. The topological polar surface area (TPSA) is 94.5 Å². The normalized spacial score (nSPS) is 14.2. The molecule has 3 rings (SSSR count). The smallest absolute Gasteiger partial charge is 0.317 e. The van der Waals surface area contributed by atoms with E-state index in [1.807, 2.05) is 19.1 Å². The molecule has 0 aromatic carbocycles. The third-order valence-corrected chi connectivity index (χ3v) is 4.41. The number of hydrogen-bond acceptors (Lipinski definition) is 4. The predicted molar refractivity (Wildman–Crippen MR) is 94.0 cm³/mol. The van der Waals surface area contributed by atoms with Gasteiger partial charge in [-0.3, -0.25) is 9.36 Å². The summed E-state index contributed by atoms with van der Waals surface area (Å²) in [6.07, 6.45) is 3.52. The Kier molecular flexibility index (Phi) is 4.98. The molecule has 136 valence electrons. The van der Waals surface area contributed by atoms with Gasteiger partial charge < -0.3 is 19.5 Å². The average molecular weight is 355 g/mol. The Morgan fingerprint density at radius 3 is 2.38 bits per heavy atom. The molecule has 0 saturated carbocycles. The zero-order chi connectivity index (χ0) is 18.7. The first-order chi connectivity index (χ1) is 12.6. The molecule has 1 saturated heterocycles. The highest BCUT2D eigenvalue weighted by Gasteiger charge is 2.30. The van der Waals surface area contributed by atoms with Gasteiger partial charge in [0.25, 0.3) is 5.91 Å². The van der Waals surface area contributed by atoms with Crippen molar-refractivity contribution in [3.05, 3.63) is 41.4 Å². The van der Waals surface area contributed by atoms with Crippen molar-refractivity contribution >= 4 is 11.9 Å². The Labute approximate surface area is 151 Å². The summed E-state index contributed by atoms with van der Waals surface area (Å²) in [7, 11) is 0. The molecule has 0 unspecified atom stereocenters. The number of aromatic nitrogens is 1. The fourth-order valence-corrected chi connectivity index (χ4v) is 3.08. The number of piperazine rings is 1. The van der Waals surface area contributed by atoms with Crippen molar-refractivity contribution < 1.29 is 14.0 Å². The number of carbonyl (C=O) groups is 2. The van der Waals surface area contributed by atoms with Crippen LogP contribution in [0.1, 0.15) is 28.6 Å². The molecule has 1 aliphatic heterocycles. The molecule has 8 heteroatoms. The largest absolute Gasteiger partial charge is 0.443 e. The second-order valence-corrected chi connectivity index (χ2v) is 6.03. The van der Waals surface area contributed by atoms with Crippen LogP contribution >= 0.6 is 0 Å². The molecule has 2 aromatic rings. The number of nitriles is 1. The summed E-state index contributed by atoms with van der Waals surface area (Å²) in [5.74, 6) is 0.525. The average Bonchev–Trinajstić information content (AvgIpc) is 3.28. The van der Waals surface area contributed by atoms with Gasteiger partial charge >= 0.3 is 6.03 Å². The van der Waals surface area contributed by atoms with E-state index in [1.165, 1.54) is 0 Å². The summed E-state index contributed by atoms with van der Waals surface area (Å²) >= 11 is 0. The Morgan fingerprint density at radius 2 is 1.81 bits per heavy atom. The maximum atomic E-state index is 13.0. The quantitative estimate of drug-likeness (QED) is 0.907. The van der Waals surface area contributed by atoms with Gasteiger partial charge in [-0.05, 0) is 26.0 Å². The number of nitrogens with zero attached hydrogens (tertiary/aromatic N) is 4. The number of amides is 3. The number of furan rings is 1. The SMILES string of the molecule is CCNC(=O)N1CCN(C(=O)c2c(C)oc(-n3cccc3)c2C#N)CC1. The Hall–Kier alpha value is -3.21. The van der Waals surface area contributed by atoms with Crippen LogP contribution in [-0.2, 0) is 0 Å². The highest BCUT2D eigenvalue weighted by Crippen LogP contribution is 2.27. The molecule has 0 bridgehead atoms. The zero-order valence-electron chi connectivity index (χ0n) is 14.9. The van der Waals surface area contributed by atoms with E-state index in [0.29, 0.717) is 49.9 Å². The standard InChI is InChI=1S/C18H21N5O3/c1-3-20-18(25)23-10-8-21(9-11-23)16(24)15-13(2)26-17(14(15)12-19)22-6-4-5-7-22/h4-7H,3,8-11H2,1-2H3,(H,20,25). The molecule has 0 aliphatic carbocycles. The van der Waals surface area contributed by atoms with Crippen LogP contribution in [0.5, 0.6) is 0 Å². The van der Waals surface area contributed by atoms with Gasteiger partial charge in [0.2, 0.25) is 5.88 Å². The van der Waals surface area contributed by atoms with Crippen LogP contribution in [0, 0.1) is 18.3 Å². The van der Waals surface area contributed by atoms with Crippen LogP contribution < -0.4 is 5.32 Å². The number of rotatable bonds is 3. The summed E-state index contributed by atoms with van der Waals surface area (Å²) in [5, 5.41) is 12.3. The number of carbonyl (C=O) groups excluding carboxylic acids is 2. The van der Waals surface area contributed by atoms with E-state index < -0.39 is 0 Å². The highest BCUT2D eigenvalue weighted by molar-refractivity contribution is 5.98. The lowest BCUT2D eigenvalue weighted by Crippen LogP contribution is -2.53. The van der Waals surface area contributed by atoms with Gasteiger partial charge in [-0.25, -0.2) is 4.79 Å². The minimum absolute atomic E-state index is 0.119. The monoisotopic (exact) mass is 355 g/mol. The van der Waals surface area contributed by atoms with E-state index in [0.717, 1.165) is 0 Å². The second-order valence-electron chi connectivity index (χ2n) is 6.03. The van der Waals surface area contributed by atoms with E-state index >= 15 is 0 Å². The lowest BCUT2D eigenvalue weighted by atomic mass is 10.1. The van der Waals surface area contributed by atoms with E-state index in [4.69, 9.17) is 4.42 Å². The van der Waals surface area contributed by atoms with Crippen LogP contribution in [0.15, 0.2) is 28.9 Å². The minimum Gasteiger partial charge on any atom is -0.443 e. The Bertz CT molecular complexity index is 839. The molecular formula is C18H21N5O3. The van der Waals surface area contributed by atoms with Crippen molar-refractivity contribution in [2.24, 2.45) is 0 Å². The fourth-order valence-electron chi connectivity index (χ4n) is 3.08. The first-order valence-corrected chi connectivity index (χ1v) is 8.55. The fraction of sp³-hybridized carbons (Fsp3) is 0.389. The van der Waals surface area contributed by atoms with Crippen molar-refractivity contribution in [3.8, 4) is 12.0 Å². The van der Waals surface area contributed by atoms with Crippen molar-refractivity contribution in [2.45, 2.75) is 13.8 Å². The highest BCUT2D eigenvalue weighted by atomic mass is 16.4. The summed E-state index contributed by atoms with van der Waals surface area (Å²) in [6, 6.07) is 5.62. The van der Waals surface area contributed by atoms with Crippen LogP contribution in [0.2, 0.25) is 0 Å². The summed E-state index contributed by atoms with van der Waals surface area (Å²) in [4.78, 5) is 28.2. The number of nitrogens with one attached hydrogen (secondary N) is 1. The molecule has 3 amide bonds. The van der Waals surface area contributed by atoms with Crippen molar-refractivity contribution in [2.75, 3.05) is 32.7 Å². The number of aryl methyl sites for hydroxylation is 1. The number of urea groups is 1. The Balaban J connectivity index is 1.79. The van der Waals surface area contributed by atoms with E-state index in [-0.39, 0.29) is 17.5 Å². The predicted octanol–water partition coefficient (Wildman–Crippen LogP) is 1.74. The second kappa shape index (κ2) is 7.35. The summed E-state index contributed by atoms with van der Waals surface area (Å²) < 4.78 is 7.38. The van der Waals surface area contributed by atoms with Crippen molar-refractivity contribution in [1.29, 1.82) is 5.26 Å². The van der Waals surface area contributed by atoms with Gasteiger partial charge in [0.1, 0.15) is 23.0 Å². The van der Waals surface area contributed by atoms with E-state index in [9.17, 15) is 14.9 Å². The van der Waals surface area contributed by atoms with Crippen molar-refractivity contribution in [3.63, 3.8) is 0 Å².